The van der Waals surface area contributed by atoms with E-state index in [2.05, 4.69) is 49.3 Å². The Bertz CT molecular complexity index is 1670. The molecule has 202 valence electrons. The van der Waals surface area contributed by atoms with E-state index < -0.39 is 0 Å². The zero-order valence-corrected chi connectivity index (χ0v) is 23.4. The molecule has 0 atom stereocenters. The van der Waals surface area contributed by atoms with Gasteiger partial charge in [-0.3, -0.25) is 9.59 Å². The van der Waals surface area contributed by atoms with Gasteiger partial charge in [-0.25, -0.2) is 19.3 Å². The minimum absolute atomic E-state index is 0.107. The first kappa shape index (κ1) is 25.3. The van der Waals surface area contributed by atoms with E-state index in [9.17, 15) is 9.59 Å². The highest BCUT2D eigenvalue weighted by Gasteiger charge is 2.49. The van der Waals surface area contributed by atoms with Gasteiger partial charge in [0.05, 0.1) is 0 Å². The van der Waals surface area contributed by atoms with Crippen molar-refractivity contribution in [1.82, 2.24) is 29.2 Å². The van der Waals surface area contributed by atoms with Gasteiger partial charge in [0, 0.05) is 54.5 Å². The van der Waals surface area contributed by atoms with Crippen molar-refractivity contribution in [1.29, 1.82) is 0 Å². The molecule has 3 aromatic heterocycles. The SMILES string of the molecule is CC(=O)N1Cc2cc(Nc3ncc4c(=O)n(C(C)C)n(-c5cccc(C(C)(C)C)n5)c4n3)ccc2C2(CC2)C1. The first-order valence-electron chi connectivity index (χ1n) is 13.6. The molecule has 0 saturated heterocycles. The van der Waals surface area contributed by atoms with Gasteiger partial charge in [-0.2, -0.15) is 4.98 Å². The van der Waals surface area contributed by atoms with Gasteiger partial charge < -0.3 is 10.2 Å². The number of nitrogens with zero attached hydrogens (tertiary/aromatic N) is 6. The van der Waals surface area contributed by atoms with Crippen molar-refractivity contribution >= 4 is 28.6 Å². The molecule has 2 aliphatic rings. The quantitative estimate of drug-likeness (QED) is 0.403. The van der Waals surface area contributed by atoms with Crippen LogP contribution >= 0.6 is 0 Å². The van der Waals surface area contributed by atoms with Gasteiger partial charge in [-0.05, 0) is 62.1 Å². The molecule has 1 saturated carbocycles. The van der Waals surface area contributed by atoms with E-state index in [1.165, 1.54) is 5.56 Å². The molecule has 1 aliphatic heterocycles. The van der Waals surface area contributed by atoms with Crippen LogP contribution in [0.15, 0.2) is 47.4 Å². The maximum absolute atomic E-state index is 13.4. The van der Waals surface area contributed by atoms with Gasteiger partial charge in [0.25, 0.3) is 5.56 Å². The number of carbonyl (C=O) groups excluding carboxylic acids is 1. The molecule has 0 unspecified atom stereocenters. The van der Waals surface area contributed by atoms with E-state index in [4.69, 9.17) is 9.97 Å². The highest BCUT2D eigenvalue weighted by Crippen LogP contribution is 2.52. The summed E-state index contributed by atoms with van der Waals surface area (Å²) in [5, 5.41) is 3.78. The summed E-state index contributed by atoms with van der Waals surface area (Å²) in [6.07, 6.45) is 3.82. The van der Waals surface area contributed by atoms with Crippen LogP contribution in [0.2, 0.25) is 0 Å². The van der Waals surface area contributed by atoms with Crippen molar-refractivity contribution in [3.63, 3.8) is 0 Å². The number of hydrogen-bond donors (Lipinski definition) is 1. The molecule has 1 aliphatic carbocycles. The van der Waals surface area contributed by atoms with E-state index in [1.807, 2.05) is 36.9 Å². The molecular formula is C30H35N7O2. The molecule has 4 heterocycles. The Balaban J connectivity index is 1.42. The van der Waals surface area contributed by atoms with Crippen molar-refractivity contribution in [2.75, 3.05) is 11.9 Å². The van der Waals surface area contributed by atoms with Crippen LogP contribution in [0.5, 0.6) is 0 Å². The van der Waals surface area contributed by atoms with Gasteiger partial charge in [0.15, 0.2) is 11.5 Å². The third-order valence-corrected chi connectivity index (χ3v) is 7.92. The standard InChI is InChI=1S/C30H35N7O2/c1-18(2)36-27(39)22-15-31-28(34-26(22)37(36)25-9-7-8-24(33-25)29(4,5)6)32-21-10-11-23-20(14-21)16-35(19(3)38)17-30(23)12-13-30/h7-11,14-15,18H,12-13,16-17H2,1-6H3,(H,31,32,34). The van der Waals surface area contributed by atoms with E-state index in [-0.39, 0.29) is 28.3 Å². The molecule has 6 rings (SSSR count). The lowest BCUT2D eigenvalue weighted by Gasteiger charge is -2.34. The summed E-state index contributed by atoms with van der Waals surface area (Å²) in [5.74, 6) is 1.14. The maximum Gasteiger partial charge on any atom is 0.278 e. The average Bonchev–Trinajstić information content (AvgIpc) is 3.58. The summed E-state index contributed by atoms with van der Waals surface area (Å²) >= 11 is 0. The predicted molar refractivity (Wildman–Crippen MR) is 152 cm³/mol. The Morgan fingerprint density at radius 3 is 2.54 bits per heavy atom. The summed E-state index contributed by atoms with van der Waals surface area (Å²) in [7, 11) is 0. The summed E-state index contributed by atoms with van der Waals surface area (Å²) < 4.78 is 3.49. The molecule has 1 aromatic carbocycles. The Morgan fingerprint density at radius 2 is 1.87 bits per heavy atom. The van der Waals surface area contributed by atoms with E-state index in [0.29, 0.717) is 29.3 Å². The van der Waals surface area contributed by atoms with E-state index in [1.54, 1.807) is 22.5 Å². The lowest BCUT2D eigenvalue weighted by atomic mass is 9.86. The number of rotatable bonds is 4. The van der Waals surface area contributed by atoms with Crippen LogP contribution < -0.4 is 10.9 Å². The number of anilines is 2. The Morgan fingerprint density at radius 1 is 1.10 bits per heavy atom. The Labute approximate surface area is 227 Å². The average molecular weight is 526 g/mol. The van der Waals surface area contributed by atoms with Gasteiger partial charge >= 0.3 is 0 Å². The molecule has 1 spiro atoms. The molecule has 0 bridgehead atoms. The van der Waals surface area contributed by atoms with Crippen molar-refractivity contribution in [3.05, 3.63) is 69.8 Å². The molecule has 9 nitrogen and oxygen atoms in total. The number of benzene rings is 1. The highest BCUT2D eigenvalue weighted by molar-refractivity contribution is 5.77. The summed E-state index contributed by atoms with van der Waals surface area (Å²) in [6.45, 7) is 13.3. The topological polar surface area (TPSA) is 97.9 Å². The normalized spacial score (nSPS) is 16.1. The highest BCUT2D eigenvalue weighted by atomic mass is 16.2. The largest absolute Gasteiger partial charge is 0.338 e. The molecule has 0 radical (unpaired) electrons. The summed E-state index contributed by atoms with van der Waals surface area (Å²) in [5.41, 5.74) is 4.59. The molecule has 1 fully saturated rings. The second kappa shape index (κ2) is 8.76. The van der Waals surface area contributed by atoms with Crippen molar-refractivity contribution < 1.29 is 4.79 Å². The van der Waals surface area contributed by atoms with Crippen LogP contribution in [-0.4, -0.2) is 41.7 Å². The molecular weight excluding hydrogens is 490 g/mol. The van der Waals surface area contributed by atoms with Gasteiger partial charge in [-0.1, -0.05) is 32.9 Å². The van der Waals surface area contributed by atoms with Gasteiger partial charge in [0.1, 0.15) is 5.39 Å². The van der Waals surface area contributed by atoms with Crippen LogP contribution in [-0.2, 0) is 22.2 Å². The van der Waals surface area contributed by atoms with Crippen molar-refractivity contribution in [2.45, 2.75) is 77.8 Å². The lowest BCUT2D eigenvalue weighted by Crippen LogP contribution is -2.40. The number of hydrogen-bond acceptors (Lipinski definition) is 6. The zero-order chi connectivity index (χ0) is 27.7. The second-order valence-electron chi connectivity index (χ2n) is 12.3. The number of amides is 1. The Kier molecular flexibility index (Phi) is 5.68. The van der Waals surface area contributed by atoms with E-state index in [0.717, 1.165) is 36.3 Å². The number of pyridine rings is 1. The predicted octanol–water partition coefficient (Wildman–Crippen LogP) is 4.99. The third-order valence-electron chi connectivity index (χ3n) is 7.92. The number of fused-ring (bicyclic) bond motifs is 3. The van der Waals surface area contributed by atoms with Crippen LogP contribution in [0.25, 0.3) is 16.9 Å². The number of nitrogens with one attached hydrogen (secondary N) is 1. The zero-order valence-electron chi connectivity index (χ0n) is 23.4. The first-order valence-corrected chi connectivity index (χ1v) is 13.6. The number of aromatic nitrogens is 5. The molecule has 4 aromatic rings. The van der Waals surface area contributed by atoms with Crippen LogP contribution in [0, 0.1) is 0 Å². The van der Waals surface area contributed by atoms with Gasteiger partial charge in [-0.15, -0.1) is 0 Å². The van der Waals surface area contributed by atoms with Crippen molar-refractivity contribution in [2.24, 2.45) is 0 Å². The molecule has 9 heteroatoms. The minimum Gasteiger partial charge on any atom is -0.338 e. The minimum atomic E-state index is -0.151. The summed E-state index contributed by atoms with van der Waals surface area (Å²) in [6, 6.07) is 12.1. The molecule has 39 heavy (non-hydrogen) atoms. The fourth-order valence-electron chi connectivity index (χ4n) is 5.67. The first-order chi connectivity index (χ1) is 18.5. The van der Waals surface area contributed by atoms with Crippen LogP contribution in [0.4, 0.5) is 11.6 Å². The van der Waals surface area contributed by atoms with Crippen LogP contribution in [0.3, 0.4) is 0 Å². The maximum atomic E-state index is 13.4. The van der Waals surface area contributed by atoms with E-state index >= 15 is 0 Å². The Hall–Kier alpha value is -4.01. The number of carbonyl (C=O) groups is 1. The van der Waals surface area contributed by atoms with Gasteiger partial charge in [0.2, 0.25) is 11.9 Å². The van der Waals surface area contributed by atoms with Crippen LogP contribution in [0.1, 0.15) is 77.2 Å². The fraction of sp³-hybridized carbons (Fsp3) is 0.433. The lowest BCUT2D eigenvalue weighted by molar-refractivity contribution is -0.130. The molecule has 1 N–H and O–H groups in total. The smallest absolute Gasteiger partial charge is 0.278 e. The fourth-order valence-corrected chi connectivity index (χ4v) is 5.67. The summed E-state index contributed by atoms with van der Waals surface area (Å²) in [4.78, 5) is 41.7. The monoisotopic (exact) mass is 525 g/mol. The molecule has 1 amide bonds. The third kappa shape index (κ3) is 4.30. The van der Waals surface area contributed by atoms with Crippen molar-refractivity contribution in [3.8, 4) is 5.82 Å². The second-order valence-corrected chi connectivity index (χ2v) is 12.3.